The van der Waals surface area contributed by atoms with Gasteiger partial charge >= 0.3 is 0 Å². The van der Waals surface area contributed by atoms with Gasteiger partial charge in [0.15, 0.2) is 0 Å². The van der Waals surface area contributed by atoms with Gasteiger partial charge in [-0.2, -0.15) is 4.31 Å². The highest BCUT2D eigenvalue weighted by Crippen LogP contribution is 2.30. The summed E-state index contributed by atoms with van der Waals surface area (Å²) in [6.45, 7) is 3.31. The third-order valence-corrected chi connectivity index (χ3v) is 10.3. The summed E-state index contributed by atoms with van der Waals surface area (Å²) in [5.41, 5.74) is 5.54. The lowest BCUT2D eigenvalue weighted by Crippen LogP contribution is -2.58. The van der Waals surface area contributed by atoms with Crippen molar-refractivity contribution in [2.24, 2.45) is 10.7 Å². The monoisotopic (exact) mass is 664 g/mol. The van der Waals surface area contributed by atoms with Crippen molar-refractivity contribution in [3.63, 3.8) is 0 Å². The number of aromatic amines is 1. The first-order chi connectivity index (χ1) is 22.2. The van der Waals surface area contributed by atoms with Gasteiger partial charge in [-0.15, -0.1) is 0 Å². The van der Waals surface area contributed by atoms with E-state index in [9.17, 15) is 18.0 Å². The number of nitrogens with two attached hydrogens (primary N) is 1. The van der Waals surface area contributed by atoms with E-state index in [0.29, 0.717) is 60.2 Å². The van der Waals surface area contributed by atoms with E-state index < -0.39 is 27.4 Å². The largest absolute Gasteiger partial charge is 0.493 e. The molecule has 1 unspecified atom stereocenters. The number of anilines is 1. The van der Waals surface area contributed by atoms with Crippen LogP contribution in [0.2, 0.25) is 5.02 Å². The number of primary amides is 1. The minimum absolute atomic E-state index is 0.00821. The van der Waals surface area contributed by atoms with E-state index in [-0.39, 0.29) is 23.2 Å². The number of rotatable bonds is 11. The van der Waals surface area contributed by atoms with Crippen molar-refractivity contribution in [3.05, 3.63) is 83.6 Å². The van der Waals surface area contributed by atoms with E-state index >= 15 is 0 Å². The van der Waals surface area contributed by atoms with E-state index in [1.54, 1.807) is 60.7 Å². The van der Waals surface area contributed by atoms with Crippen LogP contribution in [-0.4, -0.2) is 91.1 Å². The molecule has 1 fully saturated rings. The molecule has 2 aliphatic heterocycles. The Morgan fingerprint density at radius 1 is 1.02 bits per heavy atom. The molecule has 15 heteroatoms. The number of halogens is 1. The number of fused-ring (bicyclic) bond motifs is 1. The summed E-state index contributed by atoms with van der Waals surface area (Å²) in [5.74, 6) is -0.791. The van der Waals surface area contributed by atoms with Crippen LogP contribution in [0, 0.1) is 0 Å². The van der Waals surface area contributed by atoms with Crippen molar-refractivity contribution in [3.8, 4) is 5.75 Å². The number of H-pyrrole nitrogens is 1. The number of nitrogens with one attached hydrogen (secondary N) is 3. The predicted octanol–water partition coefficient (Wildman–Crippen LogP) is 2.31. The van der Waals surface area contributed by atoms with Crippen molar-refractivity contribution >= 4 is 55.9 Å². The first kappa shape index (κ1) is 31.6. The number of piperazine rings is 1. The lowest BCUT2D eigenvalue weighted by Gasteiger charge is -2.33. The van der Waals surface area contributed by atoms with Gasteiger partial charge in [-0.05, 0) is 42.8 Å². The molecule has 6 rings (SSSR count). The quantitative estimate of drug-likeness (QED) is 0.177. The molecule has 2 aliphatic rings. The molecule has 0 saturated carbocycles. The van der Waals surface area contributed by atoms with Crippen LogP contribution in [0.3, 0.4) is 0 Å². The molecule has 46 heavy (non-hydrogen) atoms. The van der Waals surface area contributed by atoms with E-state index in [1.165, 1.54) is 4.31 Å². The third-order valence-electron chi connectivity index (χ3n) is 8.05. The Hall–Kier alpha value is -4.34. The molecule has 1 aromatic heterocycles. The molecule has 5 N–H and O–H groups in total. The molecule has 0 aliphatic carbocycles. The second-order valence-electron chi connectivity index (χ2n) is 10.9. The number of hydrogen-bond acceptors (Lipinski definition) is 9. The maximum absolute atomic E-state index is 13.4. The lowest BCUT2D eigenvalue weighted by molar-refractivity contribution is -0.123. The number of aromatic nitrogens is 2. The van der Waals surface area contributed by atoms with E-state index in [1.807, 2.05) is 12.1 Å². The summed E-state index contributed by atoms with van der Waals surface area (Å²) >= 11 is 6.49. The van der Waals surface area contributed by atoms with Gasteiger partial charge in [-0.25, -0.2) is 13.4 Å². The molecule has 0 bridgehead atoms. The number of hydrogen-bond donors (Lipinski definition) is 4. The van der Waals surface area contributed by atoms with Crippen LogP contribution >= 0.6 is 11.6 Å². The van der Waals surface area contributed by atoms with Crippen molar-refractivity contribution in [1.29, 1.82) is 0 Å². The SMILES string of the molecule is NC(=O)C1(c2nc3ccccc3[nH]2)NCN=C1C(=O)Nc1ccc(OCCCN2CCN(S(=O)(=O)c3ccccc3)CC2)cc1Cl. The molecule has 13 nitrogen and oxygen atoms in total. The molecule has 240 valence electrons. The zero-order chi connectivity index (χ0) is 32.3. The van der Waals surface area contributed by atoms with Gasteiger partial charge in [0.25, 0.3) is 11.8 Å². The number of aliphatic imine (C=N–C) groups is 1. The van der Waals surface area contributed by atoms with Gasteiger partial charge in [0.05, 0.1) is 39.9 Å². The van der Waals surface area contributed by atoms with Crippen molar-refractivity contribution < 1.29 is 22.7 Å². The molecular weight excluding hydrogens is 632 g/mol. The number of carbonyl (C=O) groups excluding carboxylic acids is 2. The second-order valence-corrected chi connectivity index (χ2v) is 13.3. The van der Waals surface area contributed by atoms with Crippen molar-refractivity contribution in [1.82, 2.24) is 24.5 Å². The van der Waals surface area contributed by atoms with Gasteiger partial charge < -0.3 is 25.7 Å². The Morgan fingerprint density at radius 2 is 1.76 bits per heavy atom. The summed E-state index contributed by atoms with van der Waals surface area (Å²) in [5, 5.41) is 5.90. The van der Waals surface area contributed by atoms with E-state index in [0.717, 1.165) is 13.0 Å². The Balaban J connectivity index is 1.01. The molecule has 3 heterocycles. The summed E-state index contributed by atoms with van der Waals surface area (Å²) in [4.78, 5) is 40.5. The summed E-state index contributed by atoms with van der Waals surface area (Å²) in [6, 6.07) is 20.6. The Kier molecular flexibility index (Phi) is 9.06. The number of sulfonamides is 1. The zero-order valence-corrected chi connectivity index (χ0v) is 26.4. The topological polar surface area (TPSA) is 175 Å². The number of amides is 2. The highest BCUT2D eigenvalue weighted by atomic mass is 35.5. The van der Waals surface area contributed by atoms with Gasteiger partial charge in [0, 0.05) is 38.8 Å². The lowest BCUT2D eigenvalue weighted by atomic mass is 9.91. The van der Waals surface area contributed by atoms with Crippen LogP contribution in [0.5, 0.6) is 5.75 Å². The molecule has 0 radical (unpaired) electrons. The summed E-state index contributed by atoms with van der Waals surface area (Å²) < 4.78 is 33.1. The maximum atomic E-state index is 13.4. The number of nitrogens with zero attached hydrogens (tertiary/aromatic N) is 4. The van der Waals surface area contributed by atoms with Crippen LogP contribution in [-0.2, 0) is 25.2 Å². The van der Waals surface area contributed by atoms with Gasteiger partial charge in [0.2, 0.25) is 15.6 Å². The summed E-state index contributed by atoms with van der Waals surface area (Å²) in [7, 11) is -3.49. The van der Waals surface area contributed by atoms with Crippen LogP contribution < -0.4 is 21.1 Å². The van der Waals surface area contributed by atoms with Gasteiger partial charge in [0.1, 0.15) is 17.3 Å². The highest BCUT2D eigenvalue weighted by molar-refractivity contribution is 7.89. The number of benzene rings is 3. The Morgan fingerprint density at radius 3 is 2.48 bits per heavy atom. The van der Waals surface area contributed by atoms with Crippen LogP contribution in [0.15, 0.2) is 82.7 Å². The fourth-order valence-electron chi connectivity index (χ4n) is 5.61. The normalized spacial score (nSPS) is 19.2. The Bertz CT molecular complexity index is 1860. The fourth-order valence-corrected chi connectivity index (χ4v) is 7.27. The minimum Gasteiger partial charge on any atom is -0.493 e. The van der Waals surface area contributed by atoms with Crippen molar-refractivity contribution in [2.45, 2.75) is 16.9 Å². The second kappa shape index (κ2) is 13.2. The number of carbonyl (C=O) groups is 2. The standard InChI is InChI=1S/C31H33ClN8O5S/c32-23-19-21(45-18-6-13-39-14-16-40(17-15-39)46(43,44)22-7-2-1-3-8-22)11-12-24(23)36-28(41)27-31(29(33)42,35-20-34-27)30-37-25-9-4-5-10-26(25)38-30/h1-5,7-12,19,35H,6,13-18,20H2,(H2,33,42)(H,36,41)(H,37,38). The van der Waals surface area contributed by atoms with Crippen LogP contribution in [0.1, 0.15) is 12.2 Å². The molecule has 3 aromatic carbocycles. The van der Waals surface area contributed by atoms with Crippen LogP contribution in [0.25, 0.3) is 11.0 Å². The highest BCUT2D eigenvalue weighted by Gasteiger charge is 2.52. The van der Waals surface area contributed by atoms with Gasteiger partial charge in [-0.1, -0.05) is 41.9 Å². The van der Waals surface area contributed by atoms with Crippen LogP contribution in [0.4, 0.5) is 5.69 Å². The number of imidazole rings is 1. The molecule has 2 amide bonds. The first-order valence-electron chi connectivity index (χ1n) is 14.7. The molecule has 0 spiro atoms. The maximum Gasteiger partial charge on any atom is 0.272 e. The molecular formula is C31H33ClN8O5S. The van der Waals surface area contributed by atoms with E-state index in [4.69, 9.17) is 22.1 Å². The molecule has 1 atom stereocenters. The number of ether oxygens (including phenoxy) is 1. The predicted molar refractivity (Wildman–Crippen MR) is 174 cm³/mol. The molecule has 1 saturated heterocycles. The minimum atomic E-state index is -3.49. The fraction of sp³-hybridized carbons (Fsp3) is 0.290. The average Bonchev–Trinajstić information content (AvgIpc) is 3.71. The number of para-hydroxylation sites is 2. The average molecular weight is 665 g/mol. The van der Waals surface area contributed by atoms with Gasteiger partial charge in [-0.3, -0.25) is 19.9 Å². The van der Waals surface area contributed by atoms with E-state index in [2.05, 4.69) is 30.5 Å². The summed E-state index contributed by atoms with van der Waals surface area (Å²) in [6.07, 6.45) is 0.728. The zero-order valence-electron chi connectivity index (χ0n) is 24.8. The molecule has 4 aromatic rings. The third kappa shape index (κ3) is 6.22. The van der Waals surface area contributed by atoms with Crippen molar-refractivity contribution in [2.75, 3.05) is 51.3 Å². The smallest absolute Gasteiger partial charge is 0.272 e. The Labute approximate surface area is 270 Å². The first-order valence-corrected chi connectivity index (χ1v) is 16.6.